The maximum absolute atomic E-state index is 13.9. The summed E-state index contributed by atoms with van der Waals surface area (Å²) in [6.07, 6.45) is 7.19. The molecule has 12 atom stereocenters. The minimum Gasteiger partial charge on any atom is -0.393 e. The van der Waals surface area contributed by atoms with Crippen LogP contribution in [0.3, 0.4) is 0 Å². The summed E-state index contributed by atoms with van der Waals surface area (Å²) >= 11 is 0. The Balaban J connectivity index is 1.15. The number of aliphatic hydroxyl groups is 2. The Labute approximate surface area is 255 Å². The minimum atomic E-state index is -0.653. The van der Waals surface area contributed by atoms with Gasteiger partial charge in [0.25, 0.3) is 0 Å². The highest BCUT2D eigenvalue weighted by Crippen LogP contribution is 2.89. The van der Waals surface area contributed by atoms with Gasteiger partial charge < -0.3 is 19.8 Å². The zero-order valence-electron chi connectivity index (χ0n) is 26.8. The topological polar surface area (TPSA) is 70.0 Å². The first-order chi connectivity index (χ1) is 20.1. The molecule has 5 nitrogen and oxygen atoms in total. The number of nitrogens with zero attached hydrogens (tertiary/aromatic N) is 1. The van der Waals surface area contributed by atoms with Gasteiger partial charge in [0.15, 0.2) is 0 Å². The molecule has 0 aromatic heterocycles. The van der Waals surface area contributed by atoms with Crippen LogP contribution in [0.2, 0.25) is 0 Å². The molecule has 1 aliphatic heterocycles. The van der Waals surface area contributed by atoms with E-state index in [2.05, 4.69) is 34.6 Å². The average molecular weight is 600 g/mol. The quantitative estimate of drug-likeness (QED) is 0.415. The standard InChI is InChI=1S/C36H51F2NO4/c1-20-13-25(18-39(21(2)40)17-22-14-23(37)16-24(38)15-22)43-30-29(20)33(5)11-12-36-19-35(36)10-9-28(41)32(3,4)26(35)7-8-27(36)34(33,6)31(30)42/h14-16,20,25-31,41-42H,7-13,17-19H2,1-6H3/t20-,25?,26+,27?,28+,29+,30?,31+,33-,34-,35-,36+/m1/s1. The molecule has 238 valence electrons. The summed E-state index contributed by atoms with van der Waals surface area (Å²) in [5.41, 5.74) is 0.587. The lowest BCUT2D eigenvalue weighted by Crippen LogP contribution is -2.59. The van der Waals surface area contributed by atoms with Crippen LogP contribution in [0.25, 0.3) is 0 Å². The zero-order valence-corrected chi connectivity index (χ0v) is 26.8. The van der Waals surface area contributed by atoms with E-state index in [1.54, 1.807) is 4.90 Å². The summed E-state index contributed by atoms with van der Waals surface area (Å²) in [6, 6.07) is 3.39. The van der Waals surface area contributed by atoms with Crippen molar-refractivity contribution in [1.82, 2.24) is 4.90 Å². The van der Waals surface area contributed by atoms with E-state index in [0.29, 0.717) is 35.3 Å². The first kappa shape index (κ1) is 30.1. The molecule has 0 radical (unpaired) electrons. The maximum atomic E-state index is 13.9. The number of fused-ring (bicyclic) bond motifs is 4. The molecular weight excluding hydrogens is 548 g/mol. The number of hydrogen-bond donors (Lipinski definition) is 2. The van der Waals surface area contributed by atoms with Gasteiger partial charge in [-0.1, -0.05) is 34.6 Å². The van der Waals surface area contributed by atoms with Gasteiger partial charge >= 0.3 is 0 Å². The monoisotopic (exact) mass is 599 g/mol. The van der Waals surface area contributed by atoms with Gasteiger partial charge in [-0.2, -0.15) is 0 Å². The number of amides is 1. The van der Waals surface area contributed by atoms with Crippen LogP contribution in [0.15, 0.2) is 18.2 Å². The van der Waals surface area contributed by atoms with Crippen molar-refractivity contribution < 1.29 is 28.5 Å². The van der Waals surface area contributed by atoms with E-state index in [9.17, 15) is 23.8 Å². The van der Waals surface area contributed by atoms with E-state index in [4.69, 9.17) is 4.74 Å². The Morgan fingerprint density at radius 3 is 2.30 bits per heavy atom. The van der Waals surface area contributed by atoms with Crippen LogP contribution >= 0.6 is 0 Å². The first-order valence-electron chi connectivity index (χ1n) is 16.8. The summed E-state index contributed by atoms with van der Waals surface area (Å²) in [4.78, 5) is 14.3. The Hall–Kier alpha value is -1.57. The molecular formula is C36H51F2NO4. The number of rotatable bonds is 4. The third-order valence-electron chi connectivity index (χ3n) is 15.0. The summed E-state index contributed by atoms with van der Waals surface area (Å²) < 4.78 is 34.6. The second-order valence-electron chi connectivity index (χ2n) is 16.8. The lowest BCUT2D eigenvalue weighted by atomic mass is 9.41. The van der Waals surface area contributed by atoms with Crippen molar-refractivity contribution in [3.8, 4) is 0 Å². The highest BCUT2D eigenvalue weighted by atomic mass is 19.1. The SMILES string of the molecule is CC(=O)N(Cc1cc(F)cc(F)c1)CC1C[C@@H](C)[C@H]2C(O1)[C@H](O)[C@@]1(C)C3CC[C@H]4C(C)(C)[C@@H](O)CC[C@@]45C[C@@]35CC[C@]21C. The fraction of sp³-hybridized carbons (Fsp3) is 0.806. The molecule has 7 heteroatoms. The van der Waals surface area contributed by atoms with Crippen LogP contribution in [0.1, 0.15) is 98.5 Å². The molecule has 2 spiro atoms. The van der Waals surface area contributed by atoms with E-state index in [1.807, 2.05) is 0 Å². The Morgan fingerprint density at radius 1 is 0.977 bits per heavy atom. The van der Waals surface area contributed by atoms with Crippen molar-refractivity contribution in [3.63, 3.8) is 0 Å². The van der Waals surface area contributed by atoms with Gasteiger partial charge in [0.05, 0.1) is 24.4 Å². The van der Waals surface area contributed by atoms with Crippen molar-refractivity contribution >= 4 is 5.91 Å². The Kier molecular flexibility index (Phi) is 6.64. The second kappa shape index (κ2) is 9.48. The molecule has 1 heterocycles. The fourth-order valence-electron chi connectivity index (χ4n) is 13.0. The van der Waals surface area contributed by atoms with Gasteiger partial charge in [0.1, 0.15) is 11.6 Å². The molecule has 1 aromatic rings. The molecule has 1 amide bonds. The van der Waals surface area contributed by atoms with E-state index < -0.39 is 17.7 Å². The van der Waals surface area contributed by atoms with Crippen molar-refractivity contribution in [2.75, 3.05) is 6.54 Å². The van der Waals surface area contributed by atoms with E-state index in [0.717, 1.165) is 44.6 Å². The molecule has 3 unspecified atom stereocenters. The third kappa shape index (κ3) is 3.86. The number of benzene rings is 1. The van der Waals surface area contributed by atoms with Crippen molar-refractivity contribution in [2.24, 2.45) is 50.7 Å². The molecule has 5 aliphatic carbocycles. The van der Waals surface area contributed by atoms with Crippen LogP contribution in [0, 0.1) is 62.4 Å². The highest BCUT2D eigenvalue weighted by Gasteiger charge is 2.84. The van der Waals surface area contributed by atoms with Gasteiger partial charge in [0.2, 0.25) is 5.91 Å². The smallest absolute Gasteiger partial charge is 0.219 e. The lowest BCUT2D eigenvalue weighted by Gasteiger charge is -2.63. The second-order valence-corrected chi connectivity index (χ2v) is 16.8. The van der Waals surface area contributed by atoms with E-state index in [-0.39, 0.29) is 58.3 Å². The van der Waals surface area contributed by atoms with E-state index in [1.165, 1.54) is 31.9 Å². The molecule has 1 aromatic carbocycles. The molecule has 0 bridgehead atoms. The van der Waals surface area contributed by atoms with Gasteiger partial charge in [-0.3, -0.25) is 4.79 Å². The van der Waals surface area contributed by atoms with Gasteiger partial charge in [-0.05, 0) is 114 Å². The first-order valence-corrected chi connectivity index (χ1v) is 16.8. The predicted molar refractivity (Wildman–Crippen MR) is 160 cm³/mol. The van der Waals surface area contributed by atoms with Crippen LogP contribution < -0.4 is 0 Å². The van der Waals surface area contributed by atoms with Crippen LogP contribution in [-0.2, 0) is 16.1 Å². The molecule has 5 saturated carbocycles. The number of carbonyl (C=O) groups is 1. The number of halogens is 2. The largest absolute Gasteiger partial charge is 0.393 e. The van der Waals surface area contributed by atoms with Gasteiger partial charge in [-0.25, -0.2) is 8.78 Å². The summed E-state index contributed by atoms with van der Waals surface area (Å²) in [7, 11) is 0. The van der Waals surface area contributed by atoms with E-state index >= 15 is 0 Å². The number of aliphatic hydroxyl groups excluding tert-OH is 2. The van der Waals surface area contributed by atoms with Gasteiger partial charge in [0, 0.05) is 31.5 Å². The maximum Gasteiger partial charge on any atom is 0.219 e. The molecule has 6 fully saturated rings. The fourth-order valence-corrected chi connectivity index (χ4v) is 13.0. The third-order valence-corrected chi connectivity index (χ3v) is 15.0. The van der Waals surface area contributed by atoms with Crippen molar-refractivity contribution in [2.45, 2.75) is 124 Å². The predicted octanol–water partition coefficient (Wildman–Crippen LogP) is 6.49. The normalized spacial score (nSPS) is 49.2. The molecule has 7 rings (SSSR count). The number of carbonyl (C=O) groups excluding carboxylic acids is 1. The van der Waals surface area contributed by atoms with Crippen LogP contribution in [-0.4, -0.2) is 52.0 Å². The zero-order chi connectivity index (χ0) is 30.9. The van der Waals surface area contributed by atoms with Crippen molar-refractivity contribution in [1.29, 1.82) is 0 Å². The highest BCUT2D eigenvalue weighted by molar-refractivity contribution is 5.73. The molecule has 1 saturated heterocycles. The van der Waals surface area contributed by atoms with Crippen LogP contribution in [0.4, 0.5) is 8.78 Å². The van der Waals surface area contributed by atoms with Gasteiger partial charge in [-0.15, -0.1) is 0 Å². The molecule has 6 aliphatic rings. The molecule has 2 N–H and O–H groups in total. The number of hydrogen-bond acceptors (Lipinski definition) is 4. The summed E-state index contributed by atoms with van der Waals surface area (Å²) in [6.45, 7) is 13.6. The van der Waals surface area contributed by atoms with Crippen molar-refractivity contribution in [3.05, 3.63) is 35.4 Å². The van der Waals surface area contributed by atoms with Crippen LogP contribution in [0.5, 0.6) is 0 Å². The molecule has 43 heavy (non-hydrogen) atoms. The number of ether oxygens (including phenoxy) is 1. The minimum absolute atomic E-state index is 0.0446. The Bertz CT molecular complexity index is 1300. The Morgan fingerprint density at radius 2 is 1.63 bits per heavy atom. The summed E-state index contributed by atoms with van der Waals surface area (Å²) in [5.74, 6) is 0.0542. The average Bonchev–Trinajstić information content (AvgIpc) is 3.55. The lowest BCUT2D eigenvalue weighted by molar-refractivity contribution is -0.182. The summed E-state index contributed by atoms with van der Waals surface area (Å²) in [5, 5.41) is 23.4.